The summed E-state index contributed by atoms with van der Waals surface area (Å²) in [5.41, 5.74) is 1.42. The summed E-state index contributed by atoms with van der Waals surface area (Å²) in [5.74, 6) is 1.71. The summed E-state index contributed by atoms with van der Waals surface area (Å²) in [6, 6.07) is 13.1. The topological polar surface area (TPSA) is 9.23 Å². The van der Waals surface area contributed by atoms with Crippen molar-refractivity contribution in [1.82, 2.24) is 0 Å². The third kappa shape index (κ3) is 3.42. The molecule has 1 atom stereocenters. The molecule has 3 rings (SSSR count). The van der Waals surface area contributed by atoms with Gasteiger partial charge in [-0.25, -0.2) is 0 Å². The van der Waals surface area contributed by atoms with E-state index in [1.165, 1.54) is 54.9 Å². The van der Waals surface area contributed by atoms with Gasteiger partial charge in [0.2, 0.25) is 0 Å². The Labute approximate surface area is 135 Å². The Bertz CT molecular complexity index is 600. The molecule has 1 fully saturated rings. The molecule has 0 amide bonds. The van der Waals surface area contributed by atoms with Crippen molar-refractivity contribution in [2.24, 2.45) is 5.92 Å². The fourth-order valence-electron chi connectivity index (χ4n) is 3.42. The molecule has 1 aliphatic rings. The molecule has 0 saturated heterocycles. The molecule has 2 aromatic rings. The SMILES string of the molecule is COc1ccc2cc(C(Br)C3CCCCCC3)ccc2c1. The van der Waals surface area contributed by atoms with Crippen molar-refractivity contribution >= 4 is 26.7 Å². The molecule has 1 aliphatic carbocycles. The molecule has 2 heteroatoms. The molecular weight excluding hydrogens is 324 g/mol. The van der Waals surface area contributed by atoms with Crippen molar-refractivity contribution in [3.63, 3.8) is 0 Å². The number of rotatable bonds is 3. The first-order valence-corrected chi connectivity index (χ1v) is 8.91. The largest absolute Gasteiger partial charge is 0.497 e. The third-order valence-corrected chi connectivity index (χ3v) is 5.98. The van der Waals surface area contributed by atoms with Crippen LogP contribution in [0.4, 0.5) is 0 Å². The highest BCUT2D eigenvalue weighted by Crippen LogP contribution is 2.40. The highest BCUT2D eigenvalue weighted by atomic mass is 79.9. The van der Waals surface area contributed by atoms with Gasteiger partial charge in [0.25, 0.3) is 0 Å². The molecule has 0 bridgehead atoms. The standard InChI is InChI=1S/C19H23BrO/c1-21-18-11-10-15-12-17(9-8-16(15)13-18)19(20)14-6-4-2-3-5-7-14/h8-14,19H,2-7H2,1H3. The van der Waals surface area contributed by atoms with E-state index in [0.29, 0.717) is 4.83 Å². The second-order valence-electron chi connectivity index (χ2n) is 6.13. The highest BCUT2D eigenvalue weighted by molar-refractivity contribution is 9.09. The minimum absolute atomic E-state index is 0.488. The van der Waals surface area contributed by atoms with Crippen LogP contribution in [0.15, 0.2) is 36.4 Å². The van der Waals surface area contributed by atoms with Gasteiger partial charge in [0, 0.05) is 4.83 Å². The second kappa shape index (κ2) is 6.83. The first kappa shape index (κ1) is 14.9. The zero-order valence-electron chi connectivity index (χ0n) is 12.6. The summed E-state index contributed by atoms with van der Waals surface area (Å²) in [4.78, 5) is 0.488. The lowest BCUT2D eigenvalue weighted by molar-refractivity contribution is 0.415. The summed E-state index contributed by atoms with van der Waals surface area (Å²) in [6.07, 6.45) is 8.31. The predicted molar refractivity (Wildman–Crippen MR) is 93.4 cm³/mol. The number of alkyl halides is 1. The fourth-order valence-corrected chi connectivity index (χ4v) is 4.23. The monoisotopic (exact) mass is 346 g/mol. The summed E-state index contributed by atoms with van der Waals surface area (Å²) >= 11 is 3.97. The van der Waals surface area contributed by atoms with E-state index in [0.717, 1.165) is 11.7 Å². The van der Waals surface area contributed by atoms with Gasteiger partial charge in [-0.15, -0.1) is 0 Å². The van der Waals surface area contributed by atoms with Crippen LogP contribution < -0.4 is 4.74 Å². The van der Waals surface area contributed by atoms with Crippen LogP contribution in [-0.2, 0) is 0 Å². The fraction of sp³-hybridized carbons (Fsp3) is 0.474. The van der Waals surface area contributed by atoms with E-state index in [1.54, 1.807) is 7.11 Å². The van der Waals surface area contributed by atoms with Crippen LogP contribution >= 0.6 is 15.9 Å². The molecule has 1 saturated carbocycles. The molecule has 0 spiro atoms. The second-order valence-corrected chi connectivity index (χ2v) is 7.11. The molecule has 0 heterocycles. The van der Waals surface area contributed by atoms with E-state index < -0.39 is 0 Å². The van der Waals surface area contributed by atoms with Crippen molar-refractivity contribution in [3.8, 4) is 5.75 Å². The van der Waals surface area contributed by atoms with Crippen molar-refractivity contribution in [2.75, 3.05) is 7.11 Å². The molecule has 0 aliphatic heterocycles. The first-order chi connectivity index (χ1) is 10.3. The van der Waals surface area contributed by atoms with E-state index >= 15 is 0 Å². The van der Waals surface area contributed by atoms with Gasteiger partial charge in [0.15, 0.2) is 0 Å². The molecule has 0 N–H and O–H groups in total. The van der Waals surface area contributed by atoms with Crippen LogP contribution in [0.3, 0.4) is 0 Å². The number of ether oxygens (including phenoxy) is 1. The number of hydrogen-bond acceptors (Lipinski definition) is 1. The van der Waals surface area contributed by atoms with Crippen LogP contribution in [-0.4, -0.2) is 7.11 Å². The maximum atomic E-state index is 5.30. The Morgan fingerprint density at radius 2 is 1.62 bits per heavy atom. The quantitative estimate of drug-likeness (QED) is 0.471. The van der Waals surface area contributed by atoms with Gasteiger partial charge in [0.1, 0.15) is 5.75 Å². The van der Waals surface area contributed by atoms with Gasteiger partial charge in [-0.3, -0.25) is 0 Å². The molecule has 112 valence electrons. The Morgan fingerprint density at radius 3 is 2.33 bits per heavy atom. The van der Waals surface area contributed by atoms with E-state index in [2.05, 4.69) is 46.3 Å². The summed E-state index contributed by atoms with van der Waals surface area (Å²) in [6.45, 7) is 0. The van der Waals surface area contributed by atoms with E-state index in [9.17, 15) is 0 Å². The summed E-state index contributed by atoms with van der Waals surface area (Å²) < 4.78 is 5.30. The van der Waals surface area contributed by atoms with Crippen molar-refractivity contribution in [3.05, 3.63) is 42.0 Å². The molecule has 0 aromatic heterocycles. The van der Waals surface area contributed by atoms with E-state index in [-0.39, 0.29) is 0 Å². The number of benzene rings is 2. The zero-order valence-corrected chi connectivity index (χ0v) is 14.2. The third-order valence-electron chi connectivity index (χ3n) is 4.70. The molecule has 0 radical (unpaired) electrons. The van der Waals surface area contributed by atoms with Gasteiger partial charge in [-0.2, -0.15) is 0 Å². The molecular formula is C19H23BrO. The van der Waals surface area contributed by atoms with Crippen LogP contribution in [0.5, 0.6) is 5.75 Å². The van der Waals surface area contributed by atoms with Crippen molar-refractivity contribution in [2.45, 2.75) is 43.4 Å². The van der Waals surface area contributed by atoms with Gasteiger partial charge >= 0.3 is 0 Å². The number of methoxy groups -OCH3 is 1. The lowest BCUT2D eigenvalue weighted by Crippen LogP contribution is -2.06. The average Bonchev–Trinajstić information content (AvgIpc) is 2.82. The predicted octanol–water partition coefficient (Wildman–Crippen LogP) is 6.25. The van der Waals surface area contributed by atoms with Crippen LogP contribution in [0.1, 0.15) is 48.9 Å². The smallest absolute Gasteiger partial charge is 0.119 e. The molecule has 21 heavy (non-hydrogen) atoms. The summed E-state index contributed by atoms with van der Waals surface area (Å²) in [5, 5.41) is 2.55. The first-order valence-electron chi connectivity index (χ1n) is 8.00. The molecule has 1 unspecified atom stereocenters. The maximum absolute atomic E-state index is 5.30. The van der Waals surface area contributed by atoms with Crippen molar-refractivity contribution < 1.29 is 4.74 Å². The Morgan fingerprint density at radius 1 is 0.952 bits per heavy atom. The number of halogens is 1. The van der Waals surface area contributed by atoms with Gasteiger partial charge in [0.05, 0.1) is 7.11 Å². The van der Waals surface area contributed by atoms with E-state index in [1.807, 2.05) is 6.07 Å². The van der Waals surface area contributed by atoms with Crippen molar-refractivity contribution in [1.29, 1.82) is 0 Å². The van der Waals surface area contributed by atoms with Crippen LogP contribution in [0.2, 0.25) is 0 Å². The normalized spacial score (nSPS) is 18.4. The lowest BCUT2D eigenvalue weighted by atomic mass is 9.91. The maximum Gasteiger partial charge on any atom is 0.119 e. The van der Waals surface area contributed by atoms with Crippen LogP contribution in [0, 0.1) is 5.92 Å². The molecule has 2 aromatic carbocycles. The average molecular weight is 347 g/mol. The number of hydrogen-bond donors (Lipinski definition) is 0. The Balaban J connectivity index is 1.85. The Hall–Kier alpha value is -1.02. The molecule has 1 nitrogen and oxygen atoms in total. The van der Waals surface area contributed by atoms with Gasteiger partial charge in [-0.05, 0) is 47.2 Å². The van der Waals surface area contributed by atoms with Gasteiger partial charge in [-0.1, -0.05) is 65.9 Å². The lowest BCUT2D eigenvalue weighted by Gasteiger charge is -2.21. The minimum atomic E-state index is 0.488. The van der Waals surface area contributed by atoms with Gasteiger partial charge < -0.3 is 4.74 Å². The number of fused-ring (bicyclic) bond motifs is 1. The zero-order chi connectivity index (χ0) is 14.7. The summed E-state index contributed by atoms with van der Waals surface area (Å²) in [7, 11) is 1.72. The van der Waals surface area contributed by atoms with Crippen LogP contribution in [0.25, 0.3) is 10.8 Å². The Kier molecular flexibility index (Phi) is 4.84. The van der Waals surface area contributed by atoms with E-state index in [4.69, 9.17) is 4.74 Å². The minimum Gasteiger partial charge on any atom is -0.497 e. The highest BCUT2D eigenvalue weighted by Gasteiger charge is 2.22.